The molecule has 2 rings (SSSR count). The van der Waals surface area contributed by atoms with E-state index in [4.69, 9.17) is 0 Å². The van der Waals surface area contributed by atoms with Crippen molar-refractivity contribution in [3.63, 3.8) is 0 Å². The van der Waals surface area contributed by atoms with Crippen molar-refractivity contribution in [2.24, 2.45) is 0 Å². The van der Waals surface area contributed by atoms with Crippen molar-refractivity contribution in [2.45, 2.75) is 51.6 Å². The van der Waals surface area contributed by atoms with Crippen LogP contribution >= 0.6 is 0 Å². The molecule has 1 aromatic carbocycles. The number of nitrogens with one attached hydrogen (secondary N) is 2. The van der Waals surface area contributed by atoms with Gasteiger partial charge < -0.3 is 15.5 Å². The summed E-state index contributed by atoms with van der Waals surface area (Å²) in [4.78, 5) is 26.3. The van der Waals surface area contributed by atoms with Crippen LogP contribution in [0.2, 0.25) is 0 Å². The van der Waals surface area contributed by atoms with Gasteiger partial charge in [-0.25, -0.2) is 0 Å². The first-order chi connectivity index (χ1) is 11.6. The van der Waals surface area contributed by atoms with Crippen molar-refractivity contribution >= 4 is 11.8 Å². The Morgan fingerprint density at radius 3 is 2.46 bits per heavy atom. The van der Waals surface area contributed by atoms with Crippen LogP contribution in [-0.4, -0.2) is 42.4 Å². The maximum absolute atomic E-state index is 12.4. The topological polar surface area (TPSA) is 61.4 Å². The Balaban J connectivity index is 1.86. The van der Waals surface area contributed by atoms with Gasteiger partial charge in [-0.1, -0.05) is 37.3 Å². The van der Waals surface area contributed by atoms with E-state index in [0.717, 1.165) is 38.0 Å². The van der Waals surface area contributed by atoms with Gasteiger partial charge >= 0.3 is 0 Å². The fraction of sp³-hybridized carbons (Fsp3) is 0.579. The maximum Gasteiger partial charge on any atom is 0.222 e. The summed E-state index contributed by atoms with van der Waals surface area (Å²) in [5, 5.41) is 6.02. The van der Waals surface area contributed by atoms with Crippen LogP contribution in [0.15, 0.2) is 30.3 Å². The highest BCUT2D eigenvalue weighted by Gasteiger charge is 2.22. The van der Waals surface area contributed by atoms with E-state index in [9.17, 15) is 9.59 Å². The highest BCUT2D eigenvalue weighted by atomic mass is 16.2. The largest absolute Gasteiger partial charge is 0.353 e. The van der Waals surface area contributed by atoms with Gasteiger partial charge in [-0.3, -0.25) is 9.59 Å². The lowest BCUT2D eigenvalue weighted by molar-refractivity contribution is -0.123. The zero-order valence-electron chi connectivity index (χ0n) is 14.8. The van der Waals surface area contributed by atoms with Gasteiger partial charge in [0.1, 0.15) is 0 Å². The molecule has 1 fully saturated rings. The molecule has 1 aromatic rings. The molecule has 0 aliphatic carbocycles. The van der Waals surface area contributed by atoms with Crippen LogP contribution in [0.25, 0.3) is 0 Å². The molecule has 2 N–H and O–H groups in total. The predicted molar refractivity (Wildman–Crippen MR) is 95.5 cm³/mol. The Kier molecular flexibility index (Phi) is 7.25. The number of benzene rings is 1. The average Bonchev–Trinajstić information content (AvgIpc) is 2.57. The van der Waals surface area contributed by atoms with E-state index < -0.39 is 0 Å². The molecule has 132 valence electrons. The molecule has 0 radical (unpaired) electrons. The highest BCUT2D eigenvalue weighted by Crippen LogP contribution is 2.17. The Bertz CT molecular complexity index is 525. The zero-order chi connectivity index (χ0) is 17.4. The summed E-state index contributed by atoms with van der Waals surface area (Å²) in [6.45, 7) is 6.91. The SMILES string of the molecule is CCCN1CCC(NC(=O)C[C@@H](NC(C)=O)c2ccccc2)CC1. The van der Waals surface area contributed by atoms with Gasteiger partial charge in [0.05, 0.1) is 12.5 Å². The molecule has 24 heavy (non-hydrogen) atoms. The number of carbonyl (C=O) groups excluding carboxylic acids is 2. The van der Waals surface area contributed by atoms with Crippen molar-refractivity contribution < 1.29 is 9.59 Å². The molecule has 5 heteroatoms. The molecular formula is C19H29N3O2. The lowest BCUT2D eigenvalue weighted by Gasteiger charge is -2.32. The summed E-state index contributed by atoms with van der Waals surface area (Å²) < 4.78 is 0. The van der Waals surface area contributed by atoms with Crippen LogP contribution < -0.4 is 10.6 Å². The standard InChI is InChI=1S/C19H29N3O2/c1-3-11-22-12-9-17(10-13-22)21-19(24)14-18(20-15(2)23)16-7-5-4-6-8-16/h4-8,17-18H,3,9-14H2,1-2H3,(H,20,23)(H,21,24)/t18-/m1/s1. The van der Waals surface area contributed by atoms with Crippen LogP contribution in [0.3, 0.4) is 0 Å². The van der Waals surface area contributed by atoms with Crippen LogP contribution in [0, 0.1) is 0 Å². The number of hydrogen-bond donors (Lipinski definition) is 2. The number of amides is 2. The van der Waals surface area contributed by atoms with Crippen molar-refractivity contribution in [1.82, 2.24) is 15.5 Å². The third kappa shape index (κ3) is 5.96. The van der Waals surface area contributed by atoms with Gasteiger partial charge in [0, 0.05) is 26.1 Å². The second kappa shape index (κ2) is 9.42. The van der Waals surface area contributed by atoms with Gasteiger partial charge in [0.2, 0.25) is 11.8 Å². The van der Waals surface area contributed by atoms with Crippen molar-refractivity contribution in [2.75, 3.05) is 19.6 Å². The highest BCUT2D eigenvalue weighted by molar-refractivity contribution is 5.79. The summed E-state index contributed by atoms with van der Waals surface area (Å²) in [6, 6.07) is 9.63. The number of carbonyl (C=O) groups is 2. The van der Waals surface area contributed by atoms with E-state index >= 15 is 0 Å². The minimum atomic E-state index is -0.274. The molecule has 5 nitrogen and oxygen atoms in total. The number of piperidine rings is 1. The maximum atomic E-state index is 12.4. The van der Waals surface area contributed by atoms with E-state index in [-0.39, 0.29) is 30.3 Å². The first-order valence-electron chi connectivity index (χ1n) is 8.92. The molecule has 0 aromatic heterocycles. The molecule has 2 amide bonds. The molecule has 0 bridgehead atoms. The van der Waals surface area contributed by atoms with Crippen LogP contribution in [0.4, 0.5) is 0 Å². The molecule has 1 atom stereocenters. The minimum absolute atomic E-state index is 0.00606. The summed E-state index contributed by atoms with van der Waals surface area (Å²) >= 11 is 0. The van der Waals surface area contributed by atoms with Crippen LogP contribution in [-0.2, 0) is 9.59 Å². The fourth-order valence-corrected chi connectivity index (χ4v) is 3.27. The summed E-state index contributed by atoms with van der Waals surface area (Å²) in [7, 11) is 0. The summed E-state index contributed by atoms with van der Waals surface area (Å²) in [6.07, 6.45) is 3.45. The van der Waals surface area contributed by atoms with Crippen molar-refractivity contribution in [1.29, 1.82) is 0 Å². The van der Waals surface area contributed by atoms with Gasteiger partial charge in [-0.15, -0.1) is 0 Å². The monoisotopic (exact) mass is 331 g/mol. The fourth-order valence-electron chi connectivity index (χ4n) is 3.27. The predicted octanol–water partition coefficient (Wildman–Crippen LogP) is 2.24. The lowest BCUT2D eigenvalue weighted by Crippen LogP contribution is -2.45. The van der Waals surface area contributed by atoms with E-state index in [2.05, 4.69) is 22.5 Å². The number of hydrogen-bond acceptors (Lipinski definition) is 3. The normalized spacial score (nSPS) is 17.2. The van der Waals surface area contributed by atoms with Crippen LogP contribution in [0.1, 0.15) is 51.1 Å². The Labute approximate surface area is 144 Å². The Morgan fingerprint density at radius 1 is 1.21 bits per heavy atom. The van der Waals surface area contributed by atoms with Gasteiger partial charge in [0.15, 0.2) is 0 Å². The summed E-state index contributed by atoms with van der Waals surface area (Å²) in [5.41, 5.74) is 0.959. The molecule has 0 unspecified atom stereocenters. The van der Waals surface area contributed by atoms with Gasteiger partial charge in [-0.2, -0.15) is 0 Å². The summed E-state index contributed by atoms with van der Waals surface area (Å²) in [5.74, 6) is -0.115. The second-order valence-electron chi connectivity index (χ2n) is 6.55. The van der Waals surface area contributed by atoms with Gasteiger partial charge in [0.25, 0.3) is 0 Å². The lowest BCUT2D eigenvalue weighted by atomic mass is 10.0. The van der Waals surface area contributed by atoms with E-state index in [1.54, 1.807) is 0 Å². The first kappa shape index (κ1) is 18.5. The molecule has 1 aliphatic heterocycles. The van der Waals surface area contributed by atoms with Crippen molar-refractivity contribution in [3.05, 3.63) is 35.9 Å². The average molecular weight is 331 g/mol. The molecule has 0 saturated carbocycles. The molecule has 1 heterocycles. The number of rotatable bonds is 7. The second-order valence-corrected chi connectivity index (χ2v) is 6.55. The van der Waals surface area contributed by atoms with Gasteiger partial charge in [-0.05, 0) is 31.4 Å². The Hall–Kier alpha value is -1.88. The zero-order valence-corrected chi connectivity index (χ0v) is 14.8. The van der Waals surface area contributed by atoms with E-state index in [1.165, 1.54) is 13.3 Å². The number of likely N-dealkylation sites (tertiary alicyclic amines) is 1. The molecule has 0 spiro atoms. The van der Waals surface area contributed by atoms with E-state index in [0.29, 0.717) is 0 Å². The molecule has 1 aliphatic rings. The quantitative estimate of drug-likeness (QED) is 0.805. The minimum Gasteiger partial charge on any atom is -0.353 e. The van der Waals surface area contributed by atoms with E-state index in [1.807, 2.05) is 30.3 Å². The number of nitrogens with zero attached hydrogens (tertiary/aromatic N) is 1. The third-order valence-electron chi connectivity index (χ3n) is 4.46. The molecular weight excluding hydrogens is 302 g/mol. The first-order valence-corrected chi connectivity index (χ1v) is 8.92. The van der Waals surface area contributed by atoms with Crippen LogP contribution in [0.5, 0.6) is 0 Å². The smallest absolute Gasteiger partial charge is 0.222 e. The van der Waals surface area contributed by atoms with Crippen molar-refractivity contribution in [3.8, 4) is 0 Å². The Morgan fingerprint density at radius 2 is 1.88 bits per heavy atom. The third-order valence-corrected chi connectivity index (χ3v) is 4.46. The molecule has 1 saturated heterocycles.